The summed E-state index contributed by atoms with van der Waals surface area (Å²) >= 11 is 0. The van der Waals surface area contributed by atoms with Gasteiger partial charge in [-0.15, -0.1) is 0 Å². The summed E-state index contributed by atoms with van der Waals surface area (Å²) in [7, 11) is 0. The van der Waals surface area contributed by atoms with Crippen molar-refractivity contribution in [3.8, 4) is 11.6 Å². The number of unbranched alkanes of at least 4 members (excludes halogenated alkanes) is 8. The Morgan fingerprint density at radius 1 is 0.960 bits per heavy atom. The van der Waals surface area contributed by atoms with Gasteiger partial charge in [0.15, 0.2) is 5.78 Å². The molecule has 4 heteroatoms. The van der Waals surface area contributed by atoms with E-state index in [1.807, 2.05) is 30.3 Å². The van der Waals surface area contributed by atoms with Crippen LogP contribution in [-0.2, 0) is 0 Å². The fourth-order valence-electron chi connectivity index (χ4n) is 2.89. The number of nitrogens with one attached hydrogen (secondary N) is 1. The number of nitrogens with zero attached hydrogens (tertiary/aromatic N) is 1. The molecular formula is C21H30N2O2. The Balaban J connectivity index is 1.65. The zero-order valence-corrected chi connectivity index (χ0v) is 15.3. The molecule has 1 aromatic heterocycles. The topological polar surface area (TPSA) is 55.0 Å². The largest absolute Gasteiger partial charge is 0.439 e. The smallest absolute Gasteiger partial charge is 0.226 e. The average molecular weight is 342 g/mol. The Labute approximate surface area is 151 Å². The minimum absolute atomic E-state index is 0.0997. The van der Waals surface area contributed by atoms with Crippen molar-refractivity contribution in [1.82, 2.24) is 10.2 Å². The standard InChI is InChI=1S/C21H30N2O2/c1-2-3-4-5-6-7-8-9-13-16-20(24)19-17-22-23-21(19)25-18-14-11-10-12-15-18/h10-12,14-15,17H,2-9,13,16H2,1H3,(H,22,23). The Morgan fingerprint density at radius 2 is 1.60 bits per heavy atom. The van der Waals surface area contributed by atoms with E-state index < -0.39 is 0 Å². The monoisotopic (exact) mass is 342 g/mol. The van der Waals surface area contributed by atoms with Gasteiger partial charge in [0.25, 0.3) is 0 Å². The van der Waals surface area contributed by atoms with Crippen LogP contribution in [0.5, 0.6) is 11.6 Å². The van der Waals surface area contributed by atoms with Gasteiger partial charge in [-0.3, -0.25) is 4.79 Å². The fourth-order valence-corrected chi connectivity index (χ4v) is 2.89. The lowest BCUT2D eigenvalue weighted by Gasteiger charge is -2.05. The Morgan fingerprint density at radius 3 is 2.28 bits per heavy atom. The van der Waals surface area contributed by atoms with Crippen molar-refractivity contribution in [2.24, 2.45) is 0 Å². The van der Waals surface area contributed by atoms with Crippen LogP contribution < -0.4 is 4.74 Å². The molecule has 0 unspecified atom stereocenters. The first kappa shape index (κ1) is 19.2. The van der Waals surface area contributed by atoms with Gasteiger partial charge < -0.3 is 4.74 Å². The molecule has 0 spiro atoms. The molecule has 0 radical (unpaired) electrons. The molecule has 0 atom stereocenters. The number of carbonyl (C=O) groups excluding carboxylic acids is 1. The van der Waals surface area contributed by atoms with Crippen molar-refractivity contribution in [2.45, 2.75) is 71.1 Å². The summed E-state index contributed by atoms with van der Waals surface area (Å²) < 4.78 is 5.72. The van der Waals surface area contributed by atoms with Gasteiger partial charge in [-0.2, -0.15) is 5.10 Å². The van der Waals surface area contributed by atoms with Gasteiger partial charge in [0.05, 0.1) is 11.8 Å². The van der Waals surface area contributed by atoms with Crippen LogP contribution in [0.1, 0.15) is 81.5 Å². The van der Waals surface area contributed by atoms with E-state index in [2.05, 4.69) is 17.1 Å². The molecule has 2 aromatic rings. The molecule has 0 bridgehead atoms. The summed E-state index contributed by atoms with van der Waals surface area (Å²) in [6.45, 7) is 2.24. The van der Waals surface area contributed by atoms with Gasteiger partial charge in [-0.05, 0) is 18.6 Å². The highest BCUT2D eigenvalue weighted by molar-refractivity contribution is 5.97. The summed E-state index contributed by atoms with van der Waals surface area (Å²) in [6, 6.07) is 9.44. The normalized spacial score (nSPS) is 10.8. The number of benzene rings is 1. The molecule has 0 aliphatic rings. The number of aromatic nitrogens is 2. The van der Waals surface area contributed by atoms with Crippen LogP contribution in [-0.4, -0.2) is 16.0 Å². The molecular weight excluding hydrogens is 312 g/mol. The molecule has 1 N–H and O–H groups in total. The maximum absolute atomic E-state index is 12.4. The molecule has 1 heterocycles. The maximum atomic E-state index is 12.4. The first-order valence-corrected chi connectivity index (χ1v) is 9.60. The van der Waals surface area contributed by atoms with Crippen molar-refractivity contribution in [2.75, 3.05) is 0 Å². The second kappa shape index (κ2) is 11.5. The number of aromatic amines is 1. The number of para-hydroxylation sites is 1. The molecule has 0 saturated heterocycles. The van der Waals surface area contributed by atoms with Crippen LogP contribution >= 0.6 is 0 Å². The lowest BCUT2D eigenvalue weighted by atomic mass is 10.0. The predicted octanol–water partition coefficient (Wildman–Crippen LogP) is 6.31. The molecule has 0 aliphatic carbocycles. The molecule has 136 valence electrons. The van der Waals surface area contributed by atoms with Crippen LogP contribution in [0.4, 0.5) is 0 Å². The van der Waals surface area contributed by atoms with E-state index >= 15 is 0 Å². The SMILES string of the molecule is CCCCCCCCCCCC(=O)c1cn[nH]c1Oc1ccccc1. The summed E-state index contributed by atoms with van der Waals surface area (Å²) in [5.41, 5.74) is 0.545. The highest BCUT2D eigenvalue weighted by Crippen LogP contribution is 2.24. The quantitative estimate of drug-likeness (QED) is 0.343. The molecule has 0 fully saturated rings. The van der Waals surface area contributed by atoms with Crippen LogP contribution in [0.15, 0.2) is 36.5 Å². The number of carbonyl (C=O) groups is 1. The lowest BCUT2D eigenvalue weighted by Crippen LogP contribution is -2.00. The highest BCUT2D eigenvalue weighted by Gasteiger charge is 2.15. The van der Waals surface area contributed by atoms with E-state index in [-0.39, 0.29) is 5.78 Å². The lowest BCUT2D eigenvalue weighted by molar-refractivity contribution is 0.0977. The predicted molar refractivity (Wildman–Crippen MR) is 101 cm³/mol. The van der Waals surface area contributed by atoms with E-state index in [9.17, 15) is 4.79 Å². The van der Waals surface area contributed by atoms with Gasteiger partial charge in [0.1, 0.15) is 5.75 Å². The Kier molecular flexibility index (Phi) is 8.81. The number of ether oxygens (including phenoxy) is 1. The second-order valence-electron chi connectivity index (χ2n) is 6.53. The first-order chi connectivity index (χ1) is 12.3. The number of hydrogen-bond donors (Lipinski definition) is 1. The minimum atomic E-state index is 0.0997. The third-order valence-electron chi connectivity index (χ3n) is 4.38. The number of rotatable bonds is 13. The van der Waals surface area contributed by atoms with E-state index in [0.717, 1.165) is 12.8 Å². The average Bonchev–Trinajstić information content (AvgIpc) is 3.09. The van der Waals surface area contributed by atoms with Gasteiger partial charge in [-0.25, -0.2) is 5.10 Å². The van der Waals surface area contributed by atoms with Gasteiger partial charge in [0.2, 0.25) is 5.88 Å². The zero-order chi connectivity index (χ0) is 17.7. The third-order valence-corrected chi connectivity index (χ3v) is 4.38. The third kappa shape index (κ3) is 7.12. The van der Waals surface area contributed by atoms with Crippen molar-refractivity contribution in [3.63, 3.8) is 0 Å². The van der Waals surface area contributed by atoms with E-state index in [4.69, 9.17) is 4.74 Å². The van der Waals surface area contributed by atoms with E-state index in [1.54, 1.807) is 6.20 Å². The van der Waals surface area contributed by atoms with Gasteiger partial charge in [-0.1, -0.05) is 76.5 Å². The van der Waals surface area contributed by atoms with Crippen molar-refractivity contribution < 1.29 is 9.53 Å². The molecule has 0 amide bonds. The molecule has 0 saturated carbocycles. The van der Waals surface area contributed by atoms with Crippen LogP contribution in [0.2, 0.25) is 0 Å². The molecule has 25 heavy (non-hydrogen) atoms. The minimum Gasteiger partial charge on any atom is -0.439 e. The maximum Gasteiger partial charge on any atom is 0.226 e. The van der Waals surface area contributed by atoms with Crippen molar-refractivity contribution in [3.05, 3.63) is 42.1 Å². The number of ketones is 1. The summed E-state index contributed by atoms with van der Waals surface area (Å²) in [4.78, 5) is 12.4. The van der Waals surface area contributed by atoms with Crippen molar-refractivity contribution >= 4 is 5.78 Å². The Hall–Kier alpha value is -2.10. The highest BCUT2D eigenvalue weighted by atomic mass is 16.5. The number of hydrogen-bond acceptors (Lipinski definition) is 3. The summed E-state index contributed by atoms with van der Waals surface area (Å²) in [6.07, 6.45) is 13.4. The van der Waals surface area contributed by atoms with Gasteiger partial charge >= 0.3 is 0 Å². The zero-order valence-electron chi connectivity index (χ0n) is 15.3. The Bertz CT molecular complexity index is 607. The molecule has 4 nitrogen and oxygen atoms in total. The van der Waals surface area contributed by atoms with Crippen LogP contribution in [0.3, 0.4) is 0 Å². The molecule has 0 aliphatic heterocycles. The number of Topliss-reactive ketones (excluding diaryl/α,β-unsaturated/α-hetero) is 1. The second-order valence-corrected chi connectivity index (χ2v) is 6.53. The number of H-pyrrole nitrogens is 1. The first-order valence-electron chi connectivity index (χ1n) is 9.60. The van der Waals surface area contributed by atoms with Crippen LogP contribution in [0.25, 0.3) is 0 Å². The van der Waals surface area contributed by atoms with E-state index in [1.165, 1.54) is 44.9 Å². The van der Waals surface area contributed by atoms with Crippen LogP contribution in [0, 0.1) is 0 Å². The van der Waals surface area contributed by atoms with Gasteiger partial charge in [0, 0.05) is 6.42 Å². The van der Waals surface area contributed by atoms with Crippen molar-refractivity contribution in [1.29, 1.82) is 0 Å². The molecule has 2 rings (SSSR count). The van der Waals surface area contributed by atoms with E-state index in [0.29, 0.717) is 23.6 Å². The molecule has 1 aromatic carbocycles. The summed E-state index contributed by atoms with van der Waals surface area (Å²) in [5, 5.41) is 6.74. The summed E-state index contributed by atoms with van der Waals surface area (Å²) in [5.74, 6) is 1.23. The fraction of sp³-hybridized carbons (Fsp3) is 0.524.